The third-order valence-electron chi connectivity index (χ3n) is 1.96. The third kappa shape index (κ3) is 1.84. The first-order chi connectivity index (χ1) is 4.34. The number of ether oxygens (including phenoxy) is 1. The molecule has 1 saturated heterocycles. The zero-order valence-electron chi connectivity index (χ0n) is 5.77. The van der Waals surface area contributed by atoms with E-state index in [4.69, 9.17) is 16.3 Å². The summed E-state index contributed by atoms with van der Waals surface area (Å²) in [6, 6.07) is 0. The van der Waals surface area contributed by atoms with Crippen molar-refractivity contribution >= 4 is 11.6 Å². The van der Waals surface area contributed by atoms with E-state index in [1.54, 1.807) is 0 Å². The van der Waals surface area contributed by atoms with Crippen molar-refractivity contribution in [3.63, 3.8) is 0 Å². The lowest BCUT2D eigenvalue weighted by molar-refractivity contribution is -0.00669. The first-order valence-electron chi connectivity index (χ1n) is 3.52. The van der Waals surface area contributed by atoms with Gasteiger partial charge in [0.15, 0.2) is 0 Å². The first-order valence-corrected chi connectivity index (χ1v) is 4.05. The average molecular weight is 149 g/mol. The molecule has 1 heterocycles. The van der Waals surface area contributed by atoms with Crippen LogP contribution in [0.1, 0.15) is 19.8 Å². The van der Waals surface area contributed by atoms with Crippen LogP contribution in [0.25, 0.3) is 0 Å². The van der Waals surface area contributed by atoms with E-state index in [0.717, 1.165) is 12.5 Å². The SMILES string of the molecule is CC1OCCCC1CCl. The molecule has 0 aliphatic carbocycles. The lowest BCUT2D eigenvalue weighted by atomic mass is 9.98. The molecule has 0 N–H and O–H groups in total. The largest absolute Gasteiger partial charge is 0.378 e. The van der Waals surface area contributed by atoms with E-state index in [-0.39, 0.29) is 0 Å². The van der Waals surface area contributed by atoms with Gasteiger partial charge in [-0.1, -0.05) is 0 Å². The highest BCUT2D eigenvalue weighted by Gasteiger charge is 2.20. The highest BCUT2D eigenvalue weighted by molar-refractivity contribution is 6.18. The lowest BCUT2D eigenvalue weighted by Crippen LogP contribution is -2.27. The summed E-state index contributed by atoms with van der Waals surface area (Å²) in [4.78, 5) is 0. The number of halogens is 1. The van der Waals surface area contributed by atoms with Gasteiger partial charge in [0.25, 0.3) is 0 Å². The van der Waals surface area contributed by atoms with Crippen LogP contribution in [0, 0.1) is 5.92 Å². The van der Waals surface area contributed by atoms with E-state index in [0.29, 0.717) is 12.0 Å². The minimum atomic E-state index is 0.385. The van der Waals surface area contributed by atoms with Crippen LogP contribution < -0.4 is 0 Å². The highest BCUT2D eigenvalue weighted by atomic mass is 35.5. The fourth-order valence-electron chi connectivity index (χ4n) is 1.19. The Bertz CT molecular complexity index is 85.0. The van der Waals surface area contributed by atoms with Gasteiger partial charge in [0, 0.05) is 12.5 Å². The van der Waals surface area contributed by atoms with Crippen molar-refractivity contribution in [3.8, 4) is 0 Å². The molecule has 0 bridgehead atoms. The zero-order valence-corrected chi connectivity index (χ0v) is 6.53. The van der Waals surface area contributed by atoms with E-state index < -0.39 is 0 Å². The molecule has 54 valence electrons. The molecule has 0 aromatic rings. The molecule has 0 aromatic carbocycles. The second kappa shape index (κ2) is 3.43. The zero-order chi connectivity index (χ0) is 6.69. The maximum atomic E-state index is 5.70. The Morgan fingerprint density at radius 1 is 1.67 bits per heavy atom. The third-order valence-corrected chi connectivity index (χ3v) is 2.36. The highest BCUT2D eigenvalue weighted by Crippen LogP contribution is 2.20. The molecular weight excluding hydrogens is 136 g/mol. The normalized spacial score (nSPS) is 36.7. The summed E-state index contributed by atoms with van der Waals surface area (Å²) in [7, 11) is 0. The van der Waals surface area contributed by atoms with Gasteiger partial charge >= 0.3 is 0 Å². The summed E-state index contributed by atoms with van der Waals surface area (Å²) in [6.07, 6.45) is 2.81. The molecule has 1 aliphatic heterocycles. The average Bonchev–Trinajstić information content (AvgIpc) is 1.89. The molecule has 0 amide bonds. The monoisotopic (exact) mass is 148 g/mol. The topological polar surface area (TPSA) is 9.23 Å². The smallest absolute Gasteiger partial charge is 0.0586 e. The van der Waals surface area contributed by atoms with Crippen molar-refractivity contribution in [1.82, 2.24) is 0 Å². The molecule has 2 unspecified atom stereocenters. The molecule has 0 radical (unpaired) electrons. The number of rotatable bonds is 1. The van der Waals surface area contributed by atoms with Gasteiger partial charge in [0.1, 0.15) is 0 Å². The predicted octanol–water partition coefficient (Wildman–Crippen LogP) is 2.04. The lowest BCUT2D eigenvalue weighted by Gasteiger charge is -2.26. The maximum Gasteiger partial charge on any atom is 0.0586 e. The van der Waals surface area contributed by atoms with Crippen LogP contribution in [0.15, 0.2) is 0 Å². The summed E-state index contributed by atoms with van der Waals surface area (Å²) in [6.45, 7) is 3.03. The second-order valence-electron chi connectivity index (χ2n) is 2.63. The Labute approximate surface area is 61.3 Å². The van der Waals surface area contributed by atoms with Crippen molar-refractivity contribution in [3.05, 3.63) is 0 Å². The van der Waals surface area contributed by atoms with E-state index >= 15 is 0 Å². The van der Waals surface area contributed by atoms with Crippen LogP contribution in [0.5, 0.6) is 0 Å². The summed E-state index contributed by atoms with van der Waals surface area (Å²) < 4.78 is 5.40. The number of hydrogen-bond acceptors (Lipinski definition) is 1. The number of alkyl halides is 1. The molecule has 1 aliphatic rings. The van der Waals surface area contributed by atoms with E-state index in [1.165, 1.54) is 12.8 Å². The van der Waals surface area contributed by atoms with Gasteiger partial charge in [-0.25, -0.2) is 0 Å². The summed E-state index contributed by atoms with van der Waals surface area (Å²) in [5, 5.41) is 0. The minimum absolute atomic E-state index is 0.385. The van der Waals surface area contributed by atoms with Crippen LogP contribution in [-0.4, -0.2) is 18.6 Å². The van der Waals surface area contributed by atoms with Crippen LogP contribution in [0.2, 0.25) is 0 Å². The molecule has 1 nitrogen and oxygen atoms in total. The second-order valence-corrected chi connectivity index (χ2v) is 2.94. The molecule has 2 atom stereocenters. The Hall–Kier alpha value is 0.250. The molecule has 0 spiro atoms. The molecule has 0 aromatic heterocycles. The van der Waals surface area contributed by atoms with Gasteiger partial charge in [-0.2, -0.15) is 0 Å². The van der Waals surface area contributed by atoms with Gasteiger partial charge in [-0.05, 0) is 25.7 Å². The minimum Gasteiger partial charge on any atom is -0.378 e. The quantitative estimate of drug-likeness (QED) is 0.518. The molecule has 1 fully saturated rings. The van der Waals surface area contributed by atoms with E-state index in [1.807, 2.05) is 0 Å². The van der Waals surface area contributed by atoms with Crippen molar-refractivity contribution < 1.29 is 4.74 Å². The van der Waals surface area contributed by atoms with Gasteiger partial charge in [0.05, 0.1) is 6.10 Å². The van der Waals surface area contributed by atoms with Crippen molar-refractivity contribution in [2.75, 3.05) is 12.5 Å². The Morgan fingerprint density at radius 3 is 2.89 bits per heavy atom. The maximum absolute atomic E-state index is 5.70. The van der Waals surface area contributed by atoms with Crippen LogP contribution >= 0.6 is 11.6 Å². The van der Waals surface area contributed by atoms with Gasteiger partial charge in [-0.15, -0.1) is 11.6 Å². The van der Waals surface area contributed by atoms with Crippen molar-refractivity contribution in [2.24, 2.45) is 5.92 Å². The van der Waals surface area contributed by atoms with Crippen LogP contribution in [-0.2, 0) is 4.74 Å². The Morgan fingerprint density at radius 2 is 2.44 bits per heavy atom. The number of hydrogen-bond donors (Lipinski definition) is 0. The molecule has 1 rings (SSSR count). The summed E-state index contributed by atoms with van der Waals surface area (Å²) in [5.74, 6) is 1.35. The standard InChI is InChI=1S/C7H13ClO/c1-6-7(5-8)3-2-4-9-6/h6-7H,2-5H2,1H3. The molecule has 9 heavy (non-hydrogen) atoms. The fourth-order valence-corrected chi connectivity index (χ4v) is 1.59. The van der Waals surface area contributed by atoms with E-state index in [9.17, 15) is 0 Å². The van der Waals surface area contributed by atoms with Gasteiger partial charge in [-0.3, -0.25) is 0 Å². The molecule has 2 heteroatoms. The van der Waals surface area contributed by atoms with Crippen molar-refractivity contribution in [1.29, 1.82) is 0 Å². The fraction of sp³-hybridized carbons (Fsp3) is 1.00. The van der Waals surface area contributed by atoms with Crippen LogP contribution in [0.3, 0.4) is 0 Å². The van der Waals surface area contributed by atoms with Gasteiger partial charge in [0.2, 0.25) is 0 Å². The summed E-state index contributed by atoms with van der Waals surface area (Å²) in [5.41, 5.74) is 0. The van der Waals surface area contributed by atoms with Crippen molar-refractivity contribution in [2.45, 2.75) is 25.9 Å². The Kier molecular flexibility index (Phi) is 2.80. The van der Waals surface area contributed by atoms with Gasteiger partial charge < -0.3 is 4.74 Å². The van der Waals surface area contributed by atoms with Crippen LogP contribution in [0.4, 0.5) is 0 Å². The van der Waals surface area contributed by atoms with E-state index in [2.05, 4.69) is 6.92 Å². The molecule has 0 saturated carbocycles. The first kappa shape index (κ1) is 7.36. The molecular formula is C7H13ClO. The predicted molar refractivity (Wildman–Crippen MR) is 38.9 cm³/mol. The summed E-state index contributed by atoms with van der Waals surface area (Å²) >= 11 is 5.70. The Balaban J connectivity index is 2.30.